The summed E-state index contributed by atoms with van der Waals surface area (Å²) in [6.45, 7) is 6.63. The molecule has 1 aliphatic rings. The SMILES string of the molecule is COc1cc(OC)cc(C(=O)N2CC[C@@H](c3nc4ccncc4n3CC(C)C)C2)c1. The molecule has 0 bridgehead atoms. The van der Waals surface area contributed by atoms with E-state index in [-0.39, 0.29) is 11.8 Å². The summed E-state index contributed by atoms with van der Waals surface area (Å²) in [5.41, 5.74) is 2.60. The second-order valence-electron chi connectivity index (χ2n) is 8.18. The number of hydrogen-bond acceptors (Lipinski definition) is 5. The van der Waals surface area contributed by atoms with Crippen molar-refractivity contribution in [1.82, 2.24) is 19.4 Å². The van der Waals surface area contributed by atoms with Crippen molar-refractivity contribution < 1.29 is 14.3 Å². The summed E-state index contributed by atoms with van der Waals surface area (Å²) in [4.78, 5) is 24.3. The van der Waals surface area contributed by atoms with Crippen LogP contribution in [0.4, 0.5) is 0 Å². The van der Waals surface area contributed by atoms with Crippen LogP contribution in [-0.4, -0.2) is 52.7 Å². The van der Waals surface area contributed by atoms with E-state index in [4.69, 9.17) is 14.5 Å². The van der Waals surface area contributed by atoms with Crippen LogP contribution in [0.1, 0.15) is 42.4 Å². The van der Waals surface area contributed by atoms with Crippen molar-refractivity contribution in [3.05, 3.63) is 48.0 Å². The molecule has 1 fully saturated rings. The van der Waals surface area contributed by atoms with Crippen molar-refractivity contribution in [3.63, 3.8) is 0 Å². The number of carbonyl (C=O) groups is 1. The predicted molar refractivity (Wildman–Crippen MR) is 115 cm³/mol. The maximum absolute atomic E-state index is 13.2. The van der Waals surface area contributed by atoms with Gasteiger partial charge in [-0.05, 0) is 30.5 Å². The lowest BCUT2D eigenvalue weighted by Gasteiger charge is -2.19. The standard InChI is InChI=1S/C23H28N4O3/c1-15(2)13-27-21-12-24-7-5-20(21)25-22(27)16-6-8-26(14-16)23(28)17-9-18(29-3)11-19(10-17)30-4/h5,7,9-12,15-16H,6,8,13-14H2,1-4H3/t16-/m1/s1. The minimum atomic E-state index is -0.0112. The fraction of sp³-hybridized carbons (Fsp3) is 0.435. The monoisotopic (exact) mass is 408 g/mol. The van der Waals surface area contributed by atoms with Gasteiger partial charge in [-0.2, -0.15) is 0 Å². The number of aromatic nitrogens is 3. The number of fused-ring (bicyclic) bond motifs is 1. The van der Waals surface area contributed by atoms with E-state index in [0.29, 0.717) is 36.1 Å². The molecular formula is C23H28N4O3. The number of nitrogens with zero attached hydrogens (tertiary/aromatic N) is 4. The number of imidazole rings is 1. The van der Waals surface area contributed by atoms with Crippen LogP contribution in [0.3, 0.4) is 0 Å². The smallest absolute Gasteiger partial charge is 0.254 e. The van der Waals surface area contributed by atoms with Crippen molar-refractivity contribution >= 4 is 16.9 Å². The summed E-state index contributed by atoms with van der Waals surface area (Å²) in [5, 5.41) is 0. The Morgan fingerprint density at radius 1 is 1.20 bits per heavy atom. The first kappa shape index (κ1) is 20.2. The predicted octanol–water partition coefficient (Wildman–Crippen LogP) is 3.73. The summed E-state index contributed by atoms with van der Waals surface area (Å²) < 4.78 is 12.9. The number of methoxy groups -OCH3 is 2. The number of likely N-dealkylation sites (tertiary alicyclic amines) is 1. The van der Waals surface area contributed by atoms with Crippen molar-refractivity contribution in [3.8, 4) is 11.5 Å². The first-order valence-electron chi connectivity index (χ1n) is 10.3. The molecule has 1 saturated heterocycles. The van der Waals surface area contributed by atoms with Crippen molar-refractivity contribution in [1.29, 1.82) is 0 Å². The number of benzene rings is 1. The molecule has 0 saturated carbocycles. The van der Waals surface area contributed by atoms with Crippen LogP contribution in [-0.2, 0) is 6.54 Å². The van der Waals surface area contributed by atoms with Gasteiger partial charge in [-0.3, -0.25) is 9.78 Å². The minimum absolute atomic E-state index is 0.0112. The van der Waals surface area contributed by atoms with E-state index < -0.39 is 0 Å². The van der Waals surface area contributed by atoms with Crippen LogP contribution in [0.5, 0.6) is 11.5 Å². The van der Waals surface area contributed by atoms with E-state index in [1.54, 1.807) is 38.6 Å². The fourth-order valence-electron chi connectivity index (χ4n) is 4.13. The zero-order valence-corrected chi connectivity index (χ0v) is 18.0. The highest BCUT2D eigenvalue weighted by Gasteiger charge is 2.32. The Kier molecular flexibility index (Phi) is 5.61. The molecule has 0 radical (unpaired) electrons. The number of carbonyl (C=O) groups excluding carboxylic acids is 1. The molecule has 158 valence electrons. The molecule has 0 N–H and O–H groups in total. The molecular weight excluding hydrogens is 380 g/mol. The van der Waals surface area contributed by atoms with E-state index in [2.05, 4.69) is 23.4 Å². The number of hydrogen-bond donors (Lipinski definition) is 0. The lowest BCUT2D eigenvalue weighted by Crippen LogP contribution is -2.28. The lowest BCUT2D eigenvalue weighted by molar-refractivity contribution is 0.0789. The molecule has 7 heteroatoms. The van der Waals surface area contributed by atoms with Crippen LogP contribution in [0.15, 0.2) is 36.7 Å². The Morgan fingerprint density at radius 3 is 2.60 bits per heavy atom. The first-order chi connectivity index (χ1) is 14.5. The maximum Gasteiger partial charge on any atom is 0.254 e. The third-order valence-electron chi connectivity index (χ3n) is 5.57. The number of pyridine rings is 1. The third-order valence-corrected chi connectivity index (χ3v) is 5.57. The Morgan fingerprint density at radius 2 is 1.93 bits per heavy atom. The van der Waals surface area contributed by atoms with Gasteiger partial charge in [0.25, 0.3) is 5.91 Å². The average Bonchev–Trinajstić information content (AvgIpc) is 3.38. The molecule has 7 nitrogen and oxygen atoms in total. The van der Waals surface area contributed by atoms with E-state index >= 15 is 0 Å². The fourth-order valence-corrected chi connectivity index (χ4v) is 4.13. The minimum Gasteiger partial charge on any atom is -0.497 e. The number of rotatable bonds is 6. The highest BCUT2D eigenvalue weighted by atomic mass is 16.5. The van der Waals surface area contributed by atoms with Gasteiger partial charge < -0.3 is 18.9 Å². The van der Waals surface area contributed by atoms with Crippen LogP contribution in [0.25, 0.3) is 11.0 Å². The molecule has 0 unspecified atom stereocenters. The summed E-state index contributed by atoms with van der Waals surface area (Å²) >= 11 is 0. The lowest BCUT2D eigenvalue weighted by atomic mass is 10.1. The second kappa shape index (κ2) is 8.34. The van der Waals surface area contributed by atoms with E-state index in [0.717, 1.165) is 29.8 Å². The molecule has 30 heavy (non-hydrogen) atoms. The zero-order valence-electron chi connectivity index (χ0n) is 18.0. The Balaban J connectivity index is 1.60. The van der Waals surface area contributed by atoms with Crippen LogP contribution in [0, 0.1) is 5.92 Å². The van der Waals surface area contributed by atoms with Crippen LogP contribution in [0.2, 0.25) is 0 Å². The first-order valence-corrected chi connectivity index (χ1v) is 10.3. The van der Waals surface area contributed by atoms with Gasteiger partial charge in [0.05, 0.1) is 31.4 Å². The van der Waals surface area contributed by atoms with Gasteiger partial charge in [0, 0.05) is 43.4 Å². The van der Waals surface area contributed by atoms with E-state index in [1.165, 1.54) is 0 Å². The highest BCUT2D eigenvalue weighted by Crippen LogP contribution is 2.32. The summed E-state index contributed by atoms with van der Waals surface area (Å²) in [5.74, 6) is 2.95. The van der Waals surface area contributed by atoms with Crippen molar-refractivity contribution in [2.45, 2.75) is 32.7 Å². The van der Waals surface area contributed by atoms with Crippen molar-refractivity contribution in [2.24, 2.45) is 5.92 Å². The topological polar surface area (TPSA) is 69.5 Å². The van der Waals surface area contributed by atoms with Gasteiger partial charge in [-0.25, -0.2) is 4.98 Å². The van der Waals surface area contributed by atoms with E-state index in [1.807, 2.05) is 17.2 Å². The molecule has 0 aliphatic carbocycles. The maximum atomic E-state index is 13.2. The number of amides is 1. The normalized spacial score (nSPS) is 16.4. The van der Waals surface area contributed by atoms with Gasteiger partial charge in [-0.1, -0.05) is 13.8 Å². The van der Waals surface area contributed by atoms with E-state index in [9.17, 15) is 4.79 Å². The van der Waals surface area contributed by atoms with Crippen LogP contribution < -0.4 is 9.47 Å². The van der Waals surface area contributed by atoms with Gasteiger partial charge in [0.1, 0.15) is 17.3 Å². The Labute approximate surface area is 176 Å². The van der Waals surface area contributed by atoms with Crippen LogP contribution >= 0.6 is 0 Å². The molecule has 1 aliphatic heterocycles. The van der Waals surface area contributed by atoms with Gasteiger partial charge >= 0.3 is 0 Å². The molecule has 2 aromatic heterocycles. The number of ether oxygens (including phenoxy) is 2. The summed E-state index contributed by atoms with van der Waals surface area (Å²) in [7, 11) is 3.17. The molecule has 3 heterocycles. The quantitative estimate of drug-likeness (QED) is 0.622. The summed E-state index contributed by atoms with van der Waals surface area (Å²) in [6.07, 6.45) is 4.55. The van der Waals surface area contributed by atoms with Crippen molar-refractivity contribution in [2.75, 3.05) is 27.3 Å². The molecule has 1 atom stereocenters. The Bertz CT molecular complexity index is 1040. The van der Waals surface area contributed by atoms with Gasteiger partial charge in [0.2, 0.25) is 0 Å². The van der Waals surface area contributed by atoms with Gasteiger partial charge in [-0.15, -0.1) is 0 Å². The molecule has 0 spiro atoms. The zero-order chi connectivity index (χ0) is 21.3. The average molecular weight is 409 g/mol. The highest BCUT2D eigenvalue weighted by molar-refractivity contribution is 5.95. The summed E-state index contributed by atoms with van der Waals surface area (Å²) in [6, 6.07) is 7.25. The Hall–Kier alpha value is -3.09. The van der Waals surface area contributed by atoms with Gasteiger partial charge in [0.15, 0.2) is 0 Å². The largest absolute Gasteiger partial charge is 0.497 e. The molecule has 4 rings (SSSR count). The molecule has 3 aromatic rings. The molecule has 1 aromatic carbocycles. The third kappa shape index (κ3) is 3.84. The second-order valence-corrected chi connectivity index (χ2v) is 8.18. The molecule has 1 amide bonds.